The number of rotatable bonds is 5. The van der Waals surface area contributed by atoms with Gasteiger partial charge in [-0.3, -0.25) is 14.9 Å². The maximum absolute atomic E-state index is 11.9. The third-order valence-corrected chi connectivity index (χ3v) is 2.57. The van der Waals surface area contributed by atoms with E-state index in [0.717, 1.165) is 0 Å². The maximum atomic E-state index is 11.9. The number of nitro benzene ring substituents is 1. The molecule has 19 heavy (non-hydrogen) atoms. The zero-order chi connectivity index (χ0) is 14.6. The summed E-state index contributed by atoms with van der Waals surface area (Å²) in [4.78, 5) is 25.4. The van der Waals surface area contributed by atoms with Gasteiger partial charge in [-0.05, 0) is 26.2 Å². The lowest BCUT2D eigenvalue weighted by molar-refractivity contribution is -0.385. The van der Waals surface area contributed by atoms with E-state index >= 15 is 0 Å². The summed E-state index contributed by atoms with van der Waals surface area (Å²) in [6.07, 6.45) is 0. The number of anilines is 1. The summed E-state index contributed by atoms with van der Waals surface area (Å²) in [5.74, 6) is 0.0201. The molecule has 1 aromatic rings. The topological polar surface area (TPSA) is 75.9 Å². The first-order valence-corrected chi connectivity index (χ1v) is 5.60. The molecule has 0 atom stereocenters. The zero-order valence-corrected chi connectivity index (χ0v) is 11.4. The number of nitrogens with zero attached hydrogens (tertiary/aromatic N) is 3. The van der Waals surface area contributed by atoms with Crippen LogP contribution in [0.25, 0.3) is 0 Å². The smallest absolute Gasteiger partial charge is 0.312 e. The Morgan fingerprint density at radius 3 is 2.47 bits per heavy atom. The maximum Gasteiger partial charge on any atom is 0.312 e. The number of amides is 1. The quantitative estimate of drug-likeness (QED) is 0.590. The van der Waals surface area contributed by atoms with E-state index in [4.69, 9.17) is 4.74 Å². The summed E-state index contributed by atoms with van der Waals surface area (Å²) in [6.45, 7) is 0.232. The molecule has 104 valence electrons. The van der Waals surface area contributed by atoms with Crippen molar-refractivity contribution < 1.29 is 14.5 Å². The van der Waals surface area contributed by atoms with E-state index in [1.165, 1.54) is 24.1 Å². The van der Waals surface area contributed by atoms with E-state index in [9.17, 15) is 14.9 Å². The summed E-state index contributed by atoms with van der Waals surface area (Å²) in [5, 5.41) is 10.9. The largest absolute Gasteiger partial charge is 0.490 e. The minimum absolute atomic E-state index is 0.149. The molecule has 0 radical (unpaired) electrons. The number of hydrogen-bond acceptors (Lipinski definition) is 5. The molecule has 0 N–H and O–H groups in total. The fraction of sp³-hybridized carbons (Fsp3) is 0.417. The van der Waals surface area contributed by atoms with E-state index < -0.39 is 4.92 Å². The molecule has 7 heteroatoms. The Morgan fingerprint density at radius 2 is 2.00 bits per heavy atom. The Kier molecular flexibility index (Phi) is 4.82. The van der Waals surface area contributed by atoms with Crippen LogP contribution in [0.4, 0.5) is 11.4 Å². The van der Waals surface area contributed by atoms with Gasteiger partial charge >= 0.3 is 5.69 Å². The molecule has 0 unspecified atom stereocenters. The van der Waals surface area contributed by atoms with Gasteiger partial charge < -0.3 is 14.5 Å². The lowest BCUT2D eigenvalue weighted by Crippen LogP contribution is -2.35. The van der Waals surface area contributed by atoms with Crippen LogP contribution in [0, 0.1) is 10.1 Å². The molecule has 7 nitrogen and oxygen atoms in total. The fourth-order valence-electron chi connectivity index (χ4n) is 1.55. The van der Waals surface area contributed by atoms with Gasteiger partial charge in [0.05, 0.1) is 24.3 Å². The molecule has 0 aliphatic heterocycles. The monoisotopic (exact) mass is 267 g/mol. The van der Waals surface area contributed by atoms with Crippen LogP contribution in [0.2, 0.25) is 0 Å². The van der Waals surface area contributed by atoms with Crippen LogP contribution in [-0.2, 0) is 4.79 Å². The second-order valence-corrected chi connectivity index (χ2v) is 4.30. The van der Waals surface area contributed by atoms with Crippen molar-refractivity contribution in [3.63, 3.8) is 0 Å². The zero-order valence-electron chi connectivity index (χ0n) is 11.4. The van der Waals surface area contributed by atoms with Crippen LogP contribution in [-0.4, -0.2) is 50.5 Å². The van der Waals surface area contributed by atoms with Crippen molar-refractivity contribution in [2.75, 3.05) is 39.7 Å². The lowest BCUT2D eigenvalue weighted by Gasteiger charge is -2.19. The van der Waals surface area contributed by atoms with Gasteiger partial charge in [0, 0.05) is 13.1 Å². The highest BCUT2D eigenvalue weighted by Gasteiger charge is 2.19. The second-order valence-electron chi connectivity index (χ2n) is 4.30. The standard InChI is InChI=1S/C12H17N3O4/c1-13(2)8-12(16)14(3)9-5-6-11(19-4)10(7-9)15(17)18/h5-7H,8H2,1-4H3. The number of carbonyl (C=O) groups is 1. The number of hydrogen-bond donors (Lipinski definition) is 0. The van der Waals surface area contributed by atoms with Gasteiger partial charge in [-0.2, -0.15) is 0 Å². The Hall–Kier alpha value is -2.15. The van der Waals surface area contributed by atoms with Crippen molar-refractivity contribution in [1.29, 1.82) is 0 Å². The fourth-order valence-corrected chi connectivity index (χ4v) is 1.55. The van der Waals surface area contributed by atoms with Gasteiger partial charge in [0.2, 0.25) is 5.91 Å². The van der Waals surface area contributed by atoms with Crippen molar-refractivity contribution in [3.8, 4) is 5.75 Å². The van der Waals surface area contributed by atoms with Crippen LogP contribution in [0.3, 0.4) is 0 Å². The summed E-state index contributed by atoms with van der Waals surface area (Å²) in [7, 11) is 6.50. The van der Waals surface area contributed by atoms with Crippen molar-refractivity contribution in [1.82, 2.24) is 4.90 Å². The van der Waals surface area contributed by atoms with Crippen molar-refractivity contribution in [3.05, 3.63) is 28.3 Å². The van der Waals surface area contributed by atoms with E-state index in [1.54, 1.807) is 32.1 Å². The average Bonchev–Trinajstić information content (AvgIpc) is 2.36. The first kappa shape index (κ1) is 14.9. The van der Waals surface area contributed by atoms with Gasteiger partial charge in [0.15, 0.2) is 5.75 Å². The predicted molar refractivity (Wildman–Crippen MR) is 71.6 cm³/mol. The summed E-state index contributed by atoms with van der Waals surface area (Å²) in [5.41, 5.74) is 0.295. The molecule has 1 rings (SSSR count). The Bertz CT molecular complexity index is 488. The Labute approximate surface area is 111 Å². The minimum Gasteiger partial charge on any atom is -0.490 e. The Morgan fingerprint density at radius 1 is 1.37 bits per heavy atom. The molecule has 0 heterocycles. The molecule has 1 aromatic carbocycles. The highest BCUT2D eigenvalue weighted by molar-refractivity contribution is 5.94. The van der Waals surface area contributed by atoms with E-state index in [0.29, 0.717) is 5.69 Å². The number of carbonyl (C=O) groups excluding carboxylic acids is 1. The molecular formula is C12H17N3O4. The molecule has 1 amide bonds. The molecule has 0 aliphatic rings. The van der Waals surface area contributed by atoms with Crippen LogP contribution < -0.4 is 9.64 Å². The van der Waals surface area contributed by atoms with Crippen molar-refractivity contribution in [2.24, 2.45) is 0 Å². The molecule has 0 saturated carbocycles. The second kappa shape index (κ2) is 6.14. The predicted octanol–water partition coefficient (Wildman–Crippen LogP) is 1.13. The van der Waals surface area contributed by atoms with Crippen LogP contribution in [0.1, 0.15) is 0 Å². The number of benzene rings is 1. The van der Waals surface area contributed by atoms with Gasteiger partial charge in [0.25, 0.3) is 0 Å². The molecule has 0 saturated heterocycles. The van der Waals surface area contributed by atoms with Crippen LogP contribution in [0.15, 0.2) is 18.2 Å². The van der Waals surface area contributed by atoms with Gasteiger partial charge in [-0.25, -0.2) is 0 Å². The molecule has 0 bridgehead atoms. The normalized spacial score (nSPS) is 10.4. The van der Waals surface area contributed by atoms with Crippen molar-refractivity contribution >= 4 is 17.3 Å². The minimum atomic E-state index is -0.535. The number of nitro groups is 1. The molecule has 0 aromatic heterocycles. The first-order chi connectivity index (χ1) is 8.86. The molecule has 0 aliphatic carbocycles. The van der Waals surface area contributed by atoms with Gasteiger partial charge in [0.1, 0.15) is 0 Å². The number of methoxy groups -OCH3 is 1. The third-order valence-electron chi connectivity index (χ3n) is 2.57. The van der Waals surface area contributed by atoms with Gasteiger partial charge in [-0.15, -0.1) is 0 Å². The first-order valence-electron chi connectivity index (χ1n) is 5.60. The van der Waals surface area contributed by atoms with Crippen LogP contribution in [0.5, 0.6) is 5.75 Å². The highest BCUT2D eigenvalue weighted by Crippen LogP contribution is 2.30. The summed E-state index contributed by atoms with van der Waals surface area (Å²) < 4.78 is 4.91. The SMILES string of the molecule is COc1ccc(N(C)C(=O)CN(C)C)cc1[N+](=O)[O-]. The van der Waals surface area contributed by atoms with E-state index in [2.05, 4.69) is 0 Å². The van der Waals surface area contributed by atoms with Gasteiger partial charge in [-0.1, -0.05) is 0 Å². The number of likely N-dealkylation sites (N-methyl/N-ethyl adjacent to an activating group) is 2. The molecule has 0 fully saturated rings. The van der Waals surface area contributed by atoms with E-state index in [1.807, 2.05) is 0 Å². The van der Waals surface area contributed by atoms with Crippen molar-refractivity contribution in [2.45, 2.75) is 0 Å². The average molecular weight is 267 g/mol. The third kappa shape index (κ3) is 3.65. The van der Waals surface area contributed by atoms with E-state index in [-0.39, 0.29) is 23.9 Å². The molecular weight excluding hydrogens is 250 g/mol. The van der Waals surface area contributed by atoms with Crippen LogP contribution >= 0.6 is 0 Å². The number of ether oxygens (including phenoxy) is 1. The summed E-state index contributed by atoms with van der Waals surface area (Å²) in [6, 6.07) is 4.42. The molecule has 0 spiro atoms. The highest BCUT2D eigenvalue weighted by atomic mass is 16.6. The Balaban J connectivity index is 3.04. The lowest BCUT2D eigenvalue weighted by atomic mass is 10.2. The summed E-state index contributed by atoms with van der Waals surface area (Å²) >= 11 is 0.